The number of carbonyl (C=O) groups excluding carboxylic acids is 1. The molecule has 0 atom stereocenters. The van der Waals surface area contributed by atoms with Gasteiger partial charge in [-0.1, -0.05) is 0 Å². The van der Waals surface area contributed by atoms with Gasteiger partial charge in [-0.15, -0.1) is 0 Å². The third kappa shape index (κ3) is 3.23. The van der Waals surface area contributed by atoms with Gasteiger partial charge in [0.15, 0.2) is 13.2 Å². The Morgan fingerprint density at radius 3 is 2.81 bits per heavy atom. The SMILES string of the molecule is CCO[n+]1ccccc1C(=O)OCC(=O)O. The van der Waals surface area contributed by atoms with E-state index in [1.165, 1.54) is 10.8 Å². The zero-order chi connectivity index (χ0) is 12.0. The average molecular weight is 226 g/mol. The van der Waals surface area contributed by atoms with Gasteiger partial charge in [-0.05, 0) is 13.0 Å². The smallest absolute Gasteiger partial charge is 0.409 e. The lowest BCUT2D eigenvalue weighted by molar-refractivity contribution is -0.892. The Labute approximate surface area is 92.0 Å². The fourth-order valence-electron chi connectivity index (χ4n) is 1.04. The van der Waals surface area contributed by atoms with Crippen LogP contribution in [0, 0.1) is 0 Å². The normalized spacial score (nSPS) is 9.56. The second kappa shape index (κ2) is 5.69. The second-order valence-corrected chi connectivity index (χ2v) is 2.80. The molecule has 1 rings (SSSR count). The Hall–Kier alpha value is -2.11. The van der Waals surface area contributed by atoms with Crippen molar-refractivity contribution in [3.8, 4) is 0 Å². The van der Waals surface area contributed by atoms with Gasteiger partial charge in [0.1, 0.15) is 0 Å². The molecule has 0 fully saturated rings. The predicted octanol–water partition coefficient (Wildman–Crippen LogP) is -0.336. The largest absolute Gasteiger partial charge is 0.479 e. The summed E-state index contributed by atoms with van der Waals surface area (Å²) >= 11 is 0. The first-order chi connectivity index (χ1) is 7.65. The van der Waals surface area contributed by atoms with Crippen LogP contribution in [-0.2, 0) is 9.53 Å². The molecular formula is C10H12NO5+. The van der Waals surface area contributed by atoms with Gasteiger partial charge in [-0.25, -0.2) is 9.59 Å². The highest BCUT2D eigenvalue weighted by molar-refractivity contribution is 5.87. The second-order valence-electron chi connectivity index (χ2n) is 2.80. The lowest BCUT2D eigenvalue weighted by atomic mass is 10.3. The first-order valence-corrected chi connectivity index (χ1v) is 4.68. The minimum atomic E-state index is -1.20. The third-order valence-corrected chi connectivity index (χ3v) is 1.63. The van der Waals surface area contributed by atoms with E-state index in [4.69, 9.17) is 9.94 Å². The molecule has 1 N–H and O–H groups in total. The summed E-state index contributed by atoms with van der Waals surface area (Å²) in [5.41, 5.74) is 0.144. The van der Waals surface area contributed by atoms with Crippen LogP contribution >= 0.6 is 0 Å². The number of hydrogen-bond acceptors (Lipinski definition) is 4. The first-order valence-electron chi connectivity index (χ1n) is 4.68. The summed E-state index contributed by atoms with van der Waals surface area (Å²) < 4.78 is 5.78. The van der Waals surface area contributed by atoms with Crippen LogP contribution in [0.5, 0.6) is 0 Å². The fourth-order valence-corrected chi connectivity index (χ4v) is 1.04. The van der Waals surface area contributed by atoms with E-state index in [9.17, 15) is 9.59 Å². The number of aromatic nitrogens is 1. The number of pyridine rings is 1. The molecule has 0 bridgehead atoms. The van der Waals surface area contributed by atoms with Crippen molar-refractivity contribution in [1.29, 1.82) is 0 Å². The molecular weight excluding hydrogens is 214 g/mol. The highest BCUT2D eigenvalue weighted by atomic mass is 16.7. The van der Waals surface area contributed by atoms with Gasteiger partial charge in [0.2, 0.25) is 6.20 Å². The topological polar surface area (TPSA) is 76.7 Å². The number of esters is 1. The highest BCUT2D eigenvalue weighted by Crippen LogP contribution is 1.94. The van der Waals surface area contributed by atoms with Crippen LogP contribution in [0.2, 0.25) is 0 Å². The van der Waals surface area contributed by atoms with E-state index in [-0.39, 0.29) is 5.69 Å². The number of rotatable bonds is 5. The molecule has 0 aromatic carbocycles. The van der Waals surface area contributed by atoms with E-state index in [1.807, 2.05) is 0 Å². The molecule has 0 amide bonds. The molecule has 1 aromatic heterocycles. The van der Waals surface area contributed by atoms with Crippen LogP contribution in [0.15, 0.2) is 24.4 Å². The number of hydrogen-bond donors (Lipinski definition) is 1. The van der Waals surface area contributed by atoms with Crippen molar-refractivity contribution in [1.82, 2.24) is 0 Å². The molecule has 6 nitrogen and oxygen atoms in total. The minimum Gasteiger partial charge on any atom is -0.479 e. The zero-order valence-electron chi connectivity index (χ0n) is 8.75. The lowest BCUT2D eigenvalue weighted by Gasteiger charge is -2.01. The molecule has 86 valence electrons. The molecule has 0 aliphatic rings. The van der Waals surface area contributed by atoms with Gasteiger partial charge in [-0.3, -0.25) is 4.84 Å². The molecule has 0 unspecified atom stereocenters. The Kier molecular flexibility index (Phi) is 4.26. The number of ether oxygens (including phenoxy) is 1. The molecule has 0 saturated carbocycles. The zero-order valence-corrected chi connectivity index (χ0v) is 8.75. The summed E-state index contributed by atoms with van der Waals surface area (Å²) in [7, 11) is 0. The maximum Gasteiger partial charge on any atom is 0.409 e. The average Bonchev–Trinajstić information content (AvgIpc) is 2.27. The van der Waals surface area contributed by atoms with E-state index in [0.29, 0.717) is 6.61 Å². The summed E-state index contributed by atoms with van der Waals surface area (Å²) in [5, 5.41) is 8.37. The third-order valence-electron chi connectivity index (χ3n) is 1.63. The Morgan fingerprint density at radius 2 is 2.19 bits per heavy atom. The Morgan fingerprint density at radius 1 is 1.44 bits per heavy atom. The summed E-state index contributed by atoms with van der Waals surface area (Å²) in [6, 6.07) is 4.80. The highest BCUT2D eigenvalue weighted by Gasteiger charge is 2.22. The van der Waals surface area contributed by atoms with Gasteiger partial charge in [0.25, 0.3) is 0 Å². The van der Waals surface area contributed by atoms with E-state index in [1.54, 1.807) is 25.3 Å². The molecule has 0 saturated heterocycles. The summed E-state index contributed by atoms with van der Waals surface area (Å²) in [6.45, 7) is 1.49. The van der Waals surface area contributed by atoms with Crippen molar-refractivity contribution in [2.45, 2.75) is 6.92 Å². The summed E-state index contributed by atoms with van der Waals surface area (Å²) in [6.07, 6.45) is 1.54. The molecule has 0 aliphatic carbocycles. The quantitative estimate of drug-likeness (QED) is 0.549. The molecule has 16 heavy (non-hydrogen) atoms. The molecule has 0 spiro atoms. The number of carboxylic acid groups (broad SMARTS) is 1. The van der Waals surface area contributed by atoms with Crippen LogP contribution < -0.4 is 9.57 Å². The monoisotopic (exact) mass is 226 g/mol. The Bertz CT molecular complexity index is 391. The molecule has 1 aromatic rings. The van der Waals surface area contributed by atoms with E-state index < -0.39 is 18.5 Å². The van der Waals surface area contributed by atoms with Gasteiger partial charge in [-0.2, -0.15) is 0 Å². The van der Waals surface area contributed by atoms with Crippen LogP contribution in [0.3, 0.4) is 0 Å². The summed E-state index contributed by atoms with van der Waals surface area (Å²) in [4.78, 5) is 26.8. The van der Waals surface area contributed by atoms with Crippen molar-refractivity contribution in [3.63, 3.8) is 0 Å². The van der Waals surface area contributed by atoms with Crippen molar-refractivity contribution in [2.75, 3.05) is 13.2 Å². The van der Waals surface area contributed by atoms with Crippen molar-refractivity contribution in [3.05, 3.63) is 30.1 Å². The van der Waals surface area contributed by atoms with E-state index in [0.717, 1.165) is 0 Å². The Balaban J connectivity index is 2.77. The van der Waals surface area contributed by atoms with Crippen molar-refractivity contribution >= 4 is 11.9 Å². The number of carboxylic acids is 1. The number of aliphatic carboxylic acids is 1. The minimum absolute atomic E-state index is 0.144. The van der Waals surface area contributed by atoms with Crippen LogP contribution in [0.25, 0.3) is 0 Å². The number of carbonyl (C=O) groups is 2. The standard InChI is InChI=1S/C10H11NO5/c1-2-16-11-6-4-3-5-8(11)10(14)15-7-9(12)13/h3-6H,2,7H2,1H3/p+1. The maximum absolute atomic E-state index is 11.5. The predicted molar refractivity (Wildman–Crippen MR) is 51.7 cm³/mol. The summed E-state index contributed by atoms with van der Waals surface area (Å²) in [5.74, 6) is -1.94. The fraction of sp³-hybridized carbons (Fsp3) is 0.300. The van der Waals surface area contributed by atoms with Gasteiger partial charge < -0.3 is 9.84 Å². The molecule has 0 radical (unpaired) electrons. The van der Waals surface area contributed by atoms with Gasteiger partial charge >= 0.3 is 17.6 Å². The van der Waals surface area contributed by atoms with Crippen LogP contribution in [-0.4, -0.2) is 30.3 Å². The molecule has 6 heteroatoms. The first kappa shape index (κ1) is 12.0. The van der Waals surface area contributed by atoms with Gasteiger partial charge in [0, 0.05) is 16.9 Å². The van der Waals surface area contributed by atoms with Crippen molar-refractivity contribution < 1.29 is 29.0 Å². The van der Waals surface area contributed by atoms with E-state index >= 15 is 0 Å². The maximum atomic E-state index is 11.5. The lowest BCUT2D eigenvalue weighted by Crippen LogP contribution is -2.47. The van der Waals surface area contributed by atoms with E-state index in [2.05, 4.69) is 4.74 Å². The molecule has 0 aliphatic heterocycles. The van der Waals surface area contributed by atoms with Gasteiger partial charge in [0.05, 0.1) is 0 Å². The van der Waals surface area contributed by atoms with Crippen molar-refractivity contribution in [2.24, 2.45) is 0 Å². The van der Waals surface area contributed by atoms with Crippen LogP contribution in [0.1, 0.15) is 17.4 Å². The molecule has 1 heterocycles. The van der Waals surface area contributed by atoms with Crippen LogP contribution in [0.4, 0.5) is 0 Å². The number of nitrogens with zero attached hydrogens (tertiary/aromatic N) is 1.